The van der Waals surface area contributed by atoms with Crippen molar-refractivity contribution in [3.63, 3.8) is 0 Å². The first-order valence-corrected chi connectivity index (χ1v) is 11.2. The van der Waals surface area contributed by atoms with Crippen LogP contribution in [0, 0.1) is 0 Å². The zero-order valence-corrected chi connectivity index (χ0v) is 18.3. The molecule has 1 N–H and O–H groups in total. The third-order valence-corrected chi connectivity index (χ3v) is 6.02. The van der Waals surface area contributed by atoms with E-state index >= 15 is 0 Å². The lowest BCUT2D eigenvalue weighted by atomic mass is 10.1. The molecule has 0 saturated carbocycles. The number of nitrogens with zero attached hydrogens (tertiary/aromatic N) is 3. The summed E-state index contributed by atoms with van der Waals surface area (Å²) in [6.07, 6.45) is 3.28. The number of ether oxygens (including phenoxy) is 1. The van der Waals surface area contributed by atoms with Gasteiger partial charge in [0, 0.05) is 29.4 Å². The number of amides is 2. The van der Waals surface area contributed by atoms with Gasteiger partial charge in [0.15, 0.2) is 5.01 Å². The van der Waals surface area contributed by atoms with E-state index in [0.717, 1.165) is 37.3 Å². The number of anilines is 1. The first kappa shape index (κ1) is 21.3. The summed E-state index contributed by atoms with van der Waals surface area (Å²) in [4.78, 5) is 26.9. The summed E-state index contributed by atoms with van der Waals surface area (Å²) < 4.78 is 5.63. The Morgan fingerprint density at radius 1 is 1.00 bits per heavy atom. The van der Waals surface area contributed by atoms with E-state index in [-0.39, 0.29) is 23.4 Å². The van der Waals surface area contributed by atoms with Crippen LogP contribution in [-0.2, 0) is 6.61 Å². The third-order valence-electron chi connectivity index (χ3n) is 4.87. The Morgan fingerprint density at radius 2 is 1.71 bits per heavy atom. The Balaban J connectivity index is 1.32. The lowest BCUT2D eigenvalue weighted by molar-refractivity contribution is 0.0724. The molecule has 0 atom stereocenters. The Bertz CT molecular complexity index is 1050. The molecule has 3 aromatic rings. The lowest BCUT2D eigenvalue weighted by Crippen LogP contribution is -2.35. The van der Waals surface area contributed by atoms with Gasteiger partial charge in [-0.2, -0.15) is 0 Å². The van der Waals surface area contributed by atoms with E-state index in [1.165, 1.54) is 6.42 Å². The number of aromatic nitrogens is 2. The van der Waals surface area contributed by atoms with Crippen molar-refractivity contribution in [2.24, 2.45) is 0 Å². The zero-order valence-electron chi connectivity index (χ0n) is 16.7. The summed E-state index contributed by atoms with van der Waals surface area (Å²) in [5.41, 5.74) is 1.21. The monoisotopic (exact) mass is 456 g/mol. The van der Waals surface area contributed by atoms with Crippen LogP contribution in [-0.4, -0.2) is 40.0 Å². The van der Waals surface area contributed by atoms with Crippen LogP contribution < -0.4 is 10.1 Å². The quantitative estimate of drug-likeness (QED) is 0.583. The number of nitrogens with one attached hydrogen (secondary N) is 1. The number of carbonyl (C=O) groups is 2. The van der Waals surface area contributed by atoms with Gasteiger partial charge in [-0.3, -0.25) is 9.59 Å². The molecule has 1 saturated heterocycles. The summed E-state index contributed by atoms with van der Waals surface area (Å²) in [6.45, 7) is 1.82. The molecular weight excluding hydrogens is 436 g/mol. The molecule has 31 heavy (non-hydrogen) atoms. The summed E-state index contributed by atoms with van der Waals surface area (Å²) in [5.74, 6) is 0.335. The standard InChI is InChI=1S/C22H21ClN4O3S/c23-16-6-10-18(11-7-16)30-14-19-25-26-21(31-19)20(28)24-17-8-4-15(5-9-17)22(29)27-12-2-1-3-13-27/h4-11H,1-3,12-14H2,(H,24,28). The molecule has 7 nitrogen and oxygen atoms in total. The zero-order chi connectivity index (χ0) is 21.6. The van der Waals surface area contributed by atoms with Gasteiger partial charge in [-0.1, -0.05) is 22.9 Å². The molecule has 1 aliphatic heterocycles. The number of rotatable bonds is 6. The van der Waals surface area contributed by atoms with Gasteiger partial charge in [0.1, 0.15) is 12.4 Å². The van der Waals surface area contributed by atoms with Crippen LogP contribution in [0.3, 0.4) is 0 Å². The maximum absolute atomic E-state index is 12.5. The summed E-state index contributed by atoms with van der Waals surface area (Å²) in [5, 5.41) is 12.2. The van der Waals surface area contributed by atoms with Crippen molar-refractivity contribution < 1.29 is 14.3 Å². The van der Waals surface area contributed by atoms with Gasteiger partial charge < -0.3 is 15.0 Å². The van der Waals surface area contributed by atoms with Gasteiger partial charge in [0.25, 0.3) is 11.8 Å². The molecule has 0 bridgehead atoms. The number of piperidine rings is 1. The predicted molar refractivity (Wildman–Crippen MR) is 120 cm³/mol. The molecule has 1 fully saturated rings. The molecule has 4 rings (SSSR count). The molecule has 0 spiro atoms. The highest BCUT2D eigenvalue weighted by Crippen LogP contribution is 2.20. The van der Waals surface area contributed by atoms with Gasteiger partial charge in [-0.25, -0.2) is 0 Å². The van der Waals surface area contributed by atoms with E-state index in [4.69, 9.17) is 16.3 Å². The van der Waals surface area contributed by atoms with Crippen molar-refractivity contribution in [2.45, 2.75) is 25.9 Å². The van der Waals surface area contributed by atoms with Crippen LogP contribution in [0.5, 0.6) is 5.75 Å². The average molecular weight is 457 g/mol. The second-order valence-corrected chi connectivity index (χ2v) is 8.63. The van der Waals surface area contributed by atoms with E-state index in [2.05, 4.69) is 15.5 Å². The number of halogens is 1. The molecule has 2 amide bonds. The van der Waals surface area contributed by atoms with Gasteiger partial charge in [-0.15, -0.1) is 10.2 Å². The SMILES string of the molecule is O=C(Nc1ccc(C(=O)N2CCCCC2)cc1)c1nnc(COc2ccc(Cl)cc2)s1. The van der Waals surface area contributed by atoms with Crippen molar-refractivity contribution in [3.05, 3.63) is 69.1 Å². The maximum atomic E-state index is 12.5. The number of benzene rings is 2. The highest BCUT2D eigenvalue weighted by Gasteiger charge is 2.18. The highest BCUT2D eigenvalue weighted by molar-refractivity contribution is 7.13. The molecule has 2 heterocycles. The smallest absolute Gasteiger partial charge is 0.286 e. The van der Waals surface area contributed by atoms with Crippen LogP contribution in [0.4, 0.5) is 5.69 Å². The van der Waals surface area contributed by atoms with E-state index < -0.39 is 0 Å². The van der Waals surface area contributed by atoms with Crippen molar-refractivity contribution in [1.82, 2.24) is 15.1 Å². The van der Waals surface area contributed by atoms with Crippen LogP contribution >= 0.6 is 22.9 Å². The fourth-order valence-corrected chi connectivity index (χ4v) is 4.01. The van der Waals surface area contributed by atoms with Crippen LogP contribution in [0.25, 0.3) is 0 Å². The van der Waals surface area contributed by atoms with Crippen LogP contribution in [0.1, 0.15) is 44.4 Å². The molecule has 2 aromatic carbocycles. The normalized spacial score (nSPS) is 13.6. The topological polar surface area (TPSA) is 84.4 Å². The Labute approximate surface area is 189 Å². The molecular formula is C22H21ClN4O3S. The average Bonchev–Trinajstić information content (AvgIpc) is 3.29. The van der Waals surface area contributed by atoms with Gasteiger partial charge >= 0.3 is 0 Å². The van der Waals surface area contributed by atoms with E-state index in [1.807, 2.05) is 4.90 Å². The summed E-state index contributed by atoms with van der Waals surface area (Å²) >= 11 is 7.02. The van der Waals surface area contributed by atoms with E-state index in [9.17, 15) is 9.59 Å². The summed E-state index contributed by atoms with van der Waals surface area (Å²) in [7, 11) is 0. The van der Waals surface area contributed by atoms with Crippen molar-refractivity contribution in [2.75, 3.05) is 18.4 Å². The van der Waals surface area contributed by atoms with Gasteiger partial charge in [0.2, 0.25) is 5.01 Å². The number of likely N-dealkylation sites (tertiary alicyclic amines) is 1. The van der Waals surface area contributed by atoms with Gasteiger partial charge in [0.05, 0.1) is 0 Å². The first-order chi connectivity index (χ1) is 15.1. The van der Waals surface area contributed by atoms with E-state index in [0.29, 0.717) is 27.0 Å². The summed E-state index contributed by atoms with van der Waals surface area (Å²) in [6, 6.07) is 13.9. The van der Waals surface area contributed by atoms with Crippen molar-refractivity contribution in [1.29, 1.82) is 0 Å². The van der Waals surface area contributed by atoms with Crippen molar-refractivity contribution in [3.8, 4) is 5.75 Å². The molecule has 1 aromatic heterocycles. The van der Waals surface area contributed by atoms with Crippen LogP contribution in [0.2, 0.25) is 5.02 Å². The number of carbonyl (C=O) groups excluding carboxylic acids is 2. The van der Waals surface area contributed by atoms with E-state index in [1.54, 1.807) is 48.5 Å². The molecule has 0 aliphatic carbocycles. The number of hydrogen-bond acceptors (Lipinski definition) is 6. The lowest BCUT2D eigenvalue weighted by Gasteiger charge is -2.26. The van der Waals surface area contributed by atoms with Gasteiger partial charge in [-0.05, 0) is 67.8 Å². The molecule has 1 aliphatic rings. The molecule has 9 heteroatoms. The second-order valence-electron chi connectivity index (χ2n) is 7.13. The highest BCUT2D eigenvalue weighted by atomic mass is 35.5. The van der Waals surface area contributed by atoms with Crippen molar-refractivity contribution >= 4 is 40.4 Å². The maximum Gasteiger partial charge on any atom is 0.286 e. The molecule has 0 unspecified atom stereocenters. The fraction of sp³-hybridized carbons (Fsp3) is 0.273. The third kappa shape index (κ3) is 5.59. The minimum absolute atomic E-state index is 0.0343. The number of hydrogen-bond donors (Lipinski definition) is 1. The fourth-order valence-electron chi connectivity index (χ4n) is 3.24. The Hall–Kier alpha value is -2.97. The Morgan fingerprint density at radius 3 is 2.42 bits per heavy atom. The molecule has 160 valence electrons. The minimum atomic E-state index is -0.356. The second kappa shape index (κ2) is 9.89. The molecule has 0 radical (unpaired) electrons. The minimum Gasteiger partial charge on any atom is -0.486 e. The first-order valence-electron chi connectivity index (χ1n) is 10.00. The van der Waals surface area contributed by atoms with Crippen LogP contribution in [0.15, 0.2) is 48.5 Å². The predicted octanol–water partition coefficient (Wildman–Crippen LogP) is 4.65. The largest absolute Gasteiger partial charge is 0.486 e. The Kier molecular flexibility index (Phi) is 6.79.